The van der Waals surface area contributed by atoms with Crippen LogP contribution in [0.5, 0.6) is 0 Å². The van der Waals surface area contributed by atoms with Gasteiger partial charge in [-0.05, 0) is 52.0 Å². The molecule has 12 nitrogen and oxygen atoms in total. The summed E-state index contributed by atoms with van der Waals surface area (Å²) in [5.41, 5.74) is 3.08. The van der Waals surface area contributed by atoms with Gasteiger partial charge in [0.05, 0.1) is 45.2 Å². The summed E-state index contributed by atoms with van der Waals surface area (Å²) in [7, 11) is 1.70. The van der Waals surface area contributed by atoms with Crippen LogP contribution < -0.4 is 0 Å². The molecule has 194 valence electrons. The maximum absolute atomic E-state index is 11.8. The molecule has 0 bridgehead atoms. The van der Waals surface area contributed by atoms with E-state index in [1.165, 1.54) is 12.1 Å². The lowest BCUT2D eigenvalue weighted by atomic mass is 10.1. The average molecular weight is 511 g/mol. The molecule has 2 aromatic heterocycles. The van der Waals surface area contributed by atoms with E-state index < -0.39 is 21.8 Å². The maximum Gasteiger partial charge on any atom is 0.354 e. The number of aromatic amines is 1. The van der Waals surface area contributed by atoms with E-state index in [9.17, 15) is 29.8 Å². The van der Waals surface area contributed by atoms with Gasteiger partial charge >= 0.3 is 11.9 Å². The van der Waals surface area contributed by atoms with Crippen LogP contribution in [0.3, 0.4) is 0 Å². The minimum absolute atomic E-state index is 0.0276. The number of benzene rings is 2. The summed E-state index contributed by atoms with van der Waals surface area (Å²) in [6, 6.07) is 9.45. The highest BCUT2D eigenvalue weighted by molar-refractivity contribution is 5.98. The molecule has 37 heavy (non-hydrogen) atoms. The van der Waals surface area contributed by atoms with Crippen molar-refractivity contribution < 1.29 is 28.9 Å². The summed E-state index contributed by atoms with van der Waals surface area (Å²) >= 11 is 0. The molecule has 0 aliphatic heterocycles. The summed E-state index contributed by atoms with van der Waals surface area (Å²) in [5.74, 6) is -0.890. The Labute approximate surface area is 211 Å². The van der Waals surface area contributed by atoms with Crippen LogP contribution in [0.2, 0.25) is 0 Å². The highest BCUT2D eigenvalue weighted by Gasteiger charge is 2.20. The first-order valence-electron chi connectivity index (χ1n) is 11.4. The van der Waals surface area contributed by atoms with E-state index in [-0.39, 0.29) is 18.0 Å². The van der Waals surface area contributed by atoms with Crippen LogP contribution in [0.15, 0.2) is 36.4 Å². The van der Waals surface area contributed by atoms with Crippen LogP contribution in [0.25, 0.3) is 21.8 Å². The molecule has 0 atom stereocenters. The summed E-state index contributed by atoms with van der Waals surface area (Å²) in [5, 5.41) is 23.3. The van der Waals surface area contributed by atoms with E-state index >= 15 is 0 Å². The number of nitrogens with one attached hydrogen (secondary N) is 1. The zero-order valence-corrected chi connectivity index (χ0v) is 21.0. The Kier molecular flexibility index (Phi) is 7.91. The fourth-order valence-electron chi connectivity index (χ4n) is 4.09. The molecule has 0 amide bonds. The third-order valence-electron chi connectivity index (χ3n) is 5.82. The molecular formula is C25H26N4O8. The number of esters is 2. The Morgan fingerprint density at radius 1 is 0.865 bits per heavy atom. The molecule has 4 aromatic rings. The van der Waals surface area contributed by atoms with Crippen LogP contribution in [-0.4, -0.2) is 44.6 Å². The third-order valence-corrected chi connectivity index (χ3v) is 5.82. The molecule has 0 aliphatic carbocycles. The van der Waals surface area contributed by atoms with Gasteiger partial charge in [-0.3, -0.25) is 20.2 Å². The van der Waals surface area contributed by atoms with E-state index in [0.29, 0.717) is 40.2 Å². The third kappa shape index (κ3) is 5.27. The summed E-state index contributed by atoms with van der Waals surface area (Å²) in [6.45, 7) is 7.35. The van der Waals surface area contributed by atoms with E-state index in [1.54, 1.807) is 63.6 Å². The van der Waals surface area contributed by atoms with E-state index in [0.717, 1.165) is 10.8 Å². The fourth-order valence-corrected chi connectivity index (χ4v) is 4.09. The van der Waals surface area contributed by atoms with Crippen molar-refractivity contribution in [3.8, 4) is 0 Å². The summed E-state index contributed by atoms with van der Waals surface area (Å²) in [6.07, 6.45) is 0. The molecule has 0 spiro atoms. The molecule has 0 fully saturated rings. The van der Waals surface area contributed by atoms with Gasteiger partial charge in [0, 0.05) is 30.0 Å². The number of rotatable bonds is 6. The smallest absolute Gasteiger partial charge is 0.354 e. The lowest BCUT2D eigenvalue weighted by Gasteiger charge is -2.05. The van der Waals surface area contributed by atoms with Crippen LogP contribution in [0.4, 0.5) is 11.4 Å². The van der Waals surface area contributed by atoms with Gasteiger partial charge in [0.15, 0.2) is 0 Å². The number of aryl methyl sites for hydroxylation is 3. The number of H-pyrrole nitrogens is 1. The Balaban J connectivity index is 0.000000206. The van der Waals surface area contributed by atoms with Gasteiger partial charge in [-0.25, -0.2) is 9.59 Å². The lowest BCUT2D eigenvalue weighted by Crippen LogP contribution is -2.09. The number of aromatic nitrogens is 2. The molecule has 0 radical (unpaired) electrons. The van der Waals surface area contributed by atoms with Crippen molar-refractivity contribution in [2.24, 2.45) is 7.05 Å². The highest BCUT2D eigenvalue weighted by atomic mass is 16.6. The van der Waals surface area contributed by atoms with Crippen molar-refractivity contribution in [1.29, 1.82) is 0 Å². The molecule has 1 N–H and O–H groups in total. The van der Waals surface area contributed by atoms with Crippen molar-refractivity contribution in [2.75, 3.05) is 13.2 Å². The van der Waals surface area contributed by atoms with Crippen molar-refractivity contribution in [3.63, 3.8) is 0 Å². The van der Waals surface area contributed by atoms with E-state index in [2.05, 4.69) is 4.98 Å². The normalized spacial score (nSPS) is 10.6. The second-order valence-electron chi connectivity index (χ2n) is 8.05. The van der Waals surface area contributed by atoms with Gasteiger partial charge in [0.25, 0.3) is 11.4 Å². The Morgan fingerprint density at radius 3 is 1.97 bits per heavy atom. The zero-order valence-electron chi connectivity index (χ0n) is 21.0. The average Bonchev–Trinajstić information content (AvgIpc) is 3.42. The number of nitro groups is 2. The Bertz CT molecular complexity index is 1530. The largest absolute Gasteiger partial charge is 0.461 e. The van der Waals surface area contributed by atoms with E-state index in [4.69, 9.17) is 9.47 Å². The molecule has 0 saturated carbocycles. The van der Waals surface area contributed by atoms with Crippen LogP contribution in [0.1, 0.15) is 46.0 Å². The molecular weight excluding hydrogens is 484 g/mol. The monoisotopic (exact) mass is 510 g/mol. The topological polar surface area (TPSA) is 160 Å². The minimum atomic E-state index is -0.462. The van der Waals surface area contributed by atoms with Crippen LogP contribution in [0, 0.1) is 34.1 Å². The molecule has 2 aromatic carbocycles. The predicted octanol–water partition coefficient (Wildman–Crippen LogP) is 5.13. The van der Waals surface area contributed by atoms with Gasteiger partial charge in [-0.1, -0.05) is 0 Å². The predicted molar refractivity (Wildman–Crippen MR) is 136 cm³/mol. The van der Waals surface area contributed by atoms with Crippen molar-refractivity contribution in [3.05, 3.63) is 79.1 Å². The Morgan fingerprint density at radius 2 is 1.41 bits per heavy atom. The second kappa shape index (κ2) is 10.9. The number of carbonyl (C=O) groups excluding carboxylic acids is 2. The Hall–Kier alpha value is -4.74. The highest BCUT2D eigenvalue weighted by Crippen LogP contribution is 2.30. The number of carbonyl (C=O) groups is 2. The van der Waals surface area contributed by atoms with Gasteiger partial charge < -0.3 is 19.0 Å². The van der Waals surface area contributed by atoms with Crippen LogP contribution in [-0.2, 0) is 16.5 Å². The number of nitrogens with zero attached hydrogens (tertiary/aromatic N) is 3. The van der Waals surface area contributed by atoms with Crippen molar-refractivity contribution in [2.45, 2.75) is 27.7 Å². The first-order chi connectivity index (χ1) is 17.5. The number of hydrogen-bond donors (Lipinski definition) is 1. The molecule has 4 rings (SSSR count). The number of ether oxygens (including phenoxy) is 2. The SMILES string of the molecule is CCOC(=O)c1cc2ccc([N+](=O)[O-])c(C)c2[nH]1.CCOC(=O)c1cc2ccc([N+](=O)[O-])c(C)c2n1C. The van der Waals surface area contributed by atoms with Gasteiger partial charge in [0.1, 0.15) is 11.4 Å². The molecule has 2 heterocycles. The maximum atomic E-state index is 11.8. The van der Waals surface area contributed by atoms with Gasteiger partial charge in [-0.2, -0.15) is 0 Å². The second-order valence-corrected chi connectivity index (χ2v) is 8.05. The molecule has 0 unspecified atom stereocenters. The fraction of sp³-hybridized carbons (Fsp3) is 0.280. The quantitative estimate of drug-likeness (QED) is 0.212. The number of fused-ring (bicyclic) bond motifs is 2. The minimum Gasteiger partial charge on any atom is -0.461 e. The van der Waals surface area contributed by atoms with E-state index in [1.807, 2.05) is 0 Å². The zero-order chi connectivity index (χ0) is 27.4. The van der Waals surface area contributed by atoms with Crippen molar-refractivity contribution in [1.82, 2.24) is 9.55 Å². The lowest BCUT2D eigenvalue weighted by molar-refractivity contribution is -0.385. The first kappa shape index (κ1) is 26.9. The van der Waals surface area contributed by atoms with Gasteiger partial charge in [0.2, 0.25) is 0 Å². The van der Waals surface area contributed by atoms with Gasteiger partial charge in [-0.15, -0.1) is 0 Å². The molecule has 12 heteroatoms. The first-order valence-corrected chi connectivity index (χ1v) is 11.4. The number of nitro benzene ring substituents is 2. The molecule has 0 aliphatic rings. The summed E-state index contributed by atoms with van der Waals surface area (Å²) in [4.78, 5) is 47.1. The van der Waals surface area contributed by atoms with Crippen LogP contribution >= 0.6 is 0 Å². The standard InChI is InChI=1S/C13H14N2O4.C12H12N2O4/c1-4-19-13(16)11-7-9-5-6-10(15(17)18)8(2)12(9)14(11)3;1-3-18-12(15)9-6-8-4-5-10(14(16)17)7(2)11(8)13-9/h5-7H,4H2,1-3H3;4-6,13H,3H2,1-2H3. The van der Waals surface area contributed by atoms with Crippen molar-refractivity contribution >= 4 is 45.1 Å². The summed E-state index contributed by atoms with van der Waals surface area (Å²) < 4.78 is 11.5. The molecule has 0 saturated heterocycles. The number of hydrogen-bond acceptors (Lipinski definition) is 8.